The van der Waals surface area contributed by atoms with E-state index in [2.05, 4.69) is 16.9 Å². The Morgan fingerprint density at radius 1 is 1.44 bits per heavy atom. The molecule has 0 aromatic heterocycles. The Morgan fingerprint density at radius 2 is 2.19 bits per heavy atom. The van der Waals surface area contributed by atoms with Crippen molar-refractivity contribution in [3.05, 3.63) is 12.7 Å². The highest BCUT2D eigenvalue weighted by molar-refractivity contribution is 7.99. The zero-order chi connectivity index (χ0) is 11.6. The van der Waals surface area contributed by atoms with Crippen molar-refractivity contribution in [2.45, 2.75) is 38.1 Å². The predicted octanol–water partition coefficient (Wildman–Crippen LogP) is 2.14. The highest BCUT2D eigenvalue weighted by Crippen LogP contribution is 2.16. The van der Waals surface area contributed by atoms with E-state index in [-0.39, 0.29) is 0 Å². The number of thioether (sulfide) groups is 1. The first-order valence-corrected chi connectivity index (χ1v) is 7.23. The van der Waals surface area contributed by atoms with Gasteiger partial charge < -0.3 is 11.1 Å². The Morgan fingerprint density at radius 3 is 2.88 bits per heavy atom. The van der Waals surface area contributed by atoms with E-state index in [0.29, 0.717) is 12.0 Å². The minimum Gasteiger partial charge on any atom is -0.370 e. The average molecular weight is 241 g/mol. The molecule has 0 radical (unpaired) electrons. The Bertz CT molecular complexity index is 222. The molecule has 0 heterocycles. The second kappa shape index (κ2) is 8.50. The molecule has 0 spiro atoms. The van der Waals surface area contributed by atoms with Crippen LogP contribution in [0, 0.1) is 0 Å². The van der Waals surface area contributed by atoms with E-state index in [1.807, 2.05) is 17.8 Å². The third-order valence-corrected chi connectivity index (χ3v) is 3.65. The molecule has 0 bridgehead atoms. The SMILES string of the molecule is C=CCSCCN=C(N)NC1CCCCC1. The zero-order valence-corrected chi connectivity index (χ0v) is 10.8. The second-order valence-corrected chi connectivity index (χ2v) is 5.26. The molecule has 3 nitrogen and oxygen atoms in total. The van der Waals surface area contributed by atoms with Crippen molar-refractivity contribution in [3.8, 4) is 0 Å². The van der Waals surface area contributed by atoms with Crippen LogP contribution in [-0.2, 0) is 0 Å². The summed E-state index contributed by atoms with van der Waals surface area (Å²) in [6.45, 7) is 4.47. The quantitative estimate of drug-likeness (QED) is 0.324. The van der Waals surface area contributed by atoms with Gasteiger partial charge in [-0.05, 0) is 12.8 Å². The maximum Gasteiger partial charge on any atom is 0.188 e. The number of nitrogens with two attached hydrogens (primary N) is 1. The van der Waals surface area contributed by atoms with Crippen LogP contribution < -0.4 is 11.1 Å². The maximum atomic E-state index is 5.83. The minimum absolute atomic E-state index is 0.554. The number of rotatable bonds is 6. The van der Waals surface area contributed by atoms with Crippen molar-refractivity contribution >= 4 is 17.7 Å². The van der Waals surface area contributed by atoms with Gasteiger partial charge in [0.1, 0.15) is 0 Å². The Labute approximate surface area is 103 Å². The molecular weight excluding hydrogens is 218 g/mol. The largest absolute Gasteiger partial charge is 0.370 e. The van der Waals surface area contributed by atoms with E-state index < -0.39 is 0 Å². The summed E-state index contributed by atoms with van der Waals surface area (Å²) in [5, 5.41) is 3.31. The molecule has 4 heteroatoms. The molecule has 0 unspecified atom stereocenters. The lowest BCUT2D eigenvalue weighted by Gasteiger charge is -2.23. The summed E-state index contributed by atoms with van der Waals surface area (Å²) in [6.07, 6.45) is 8.40. The molecule has 1 fully saturated rings. The smallest absolute Gasteiger partial charge is 0.188 e. The van der Waals surface area contributed by atoms with Crippen LogP contribution in [0.5, 0.6) is 0 Å². The minimum atomic E-state index is 0.554. The molecule has 16 heavy (non-hydrogen) atoms. The number of aliphatic imine (C=N–C) groups is 1. The molecule has 92 valence electrons. The first kappa shape index (κ1) is 13.4. The van der Waals surface area contributed by atoms with E-state index in [9.17, 15) is 0 Å². The molecule has 1 saturated carbocycles. The van der Waals surface area contributed by atoms with Crippen LogP contribution >= 0.6 is 11.8 Å². The summed E-state index contributed by atoms with van der Waals surface area (Å²) in [7, 11) is 0. The van der Waals surface area contributed by atoms with Crippen molar-refractivity contribution in [3.63, 3.8) is 0 Å². The number of nitrogens with one attached hydrogen (secondary N) is 1. The van der Waals surface area contributed by atoms with Gasteiger partial charge in [0, 0.05) is 17.5 Å². The third-order valence-electron chi connectivity index (χ3n) is 2.71. The molecule has 1 aliphatic carbocycles. The van der Waals surface area contributed by atoms with Gasteiger partial charge in [0.15, 0.2) is 5.96 Å². The van der Waals surface area contributed by atoms with Gasteiger partial charge in [0.05, 0.1) is 6.54 Å². The maximum absolute atomic E-state index is 5.83. The van der Waals surface area contributed by atoms with Crippen molar-refractivity contribution in [1.82, 2.24) is 5.32 Å². The summed E-state index contributed by atoms with van der Waals surface area (Å²) < 4.78 is 0. The second-order valence-electron chi connectivity index (χ2n) is 4.11. The lowest BCUT2D eigenvalue weighted by molar-refractivity contribution is 0.412. The number of guanidine groups is 1. The molecule has 0 aromatic carbocycles. The first-order valence-electron chi connectivity index (χ1n) is 6.08. The van der Waals surface area contributed by atoms with Crippen molar-refractivity contribution in [1.29, 1.82) is 0 Å². The summed E-state index contributed by atoms with van der Waals surface area (Å²) in [4.78, 5) is 4.32. The topological polar surface area (TPSA) is 50.4 Å². The van der Waals surface area contributed by atoms with Gasteiger partial charge in [-0.2, -0.15) is 11.8 Å². The van der Waals surface area contributed by atoms with E-state index in [0.717, 1.165) is 18.1 Å². The van der Waals surface area contributed by atoms with Crippen LogP contribution in [0.3, 0.4) is 0 Å². The van der Waals surface area contributed by atoms with Crippen LogP contribution in [-0.4, -0.2) is 30.1 Å². The summed E-state index contributed by atoms with van der Waals surface area (Å²) in [5.74, 6) is 2.62. The highest BCUT2D eigenvalue weighted by atomic mass is 32.2. The van der Waals surface area contributed by atoms with Crippen LogP contribution in [0.4, 0.5) is 0 Å². The Kier molecular flexibility index (Phi) is 7.14. The lowest BCUT2D eigenvalue weighted by Crippen LogP contribution is -2.41. The molecule has 0 aromatic rings. The fourth-order valence-corrected chi connectivity index (χ4v) is 2.45. The van der Waals surface area contributed by atoms with Crippen molar-refractivity contribution < 1.29 is 0 Å². The van der Waals surface area contributed by atoms with Gasteiger partial charge in [0.25, 0.3) is 0 Å². The van der Waals surface area contributed by atoms with Gasteiger partial charge >= 0.3 is 0 Å². The van der Waals surface area contributed by atoms with Crippen LogP contribution in [0.15, 0.2) is 17.6 Å². The van der Waals surface area contributed by atoms with Crippen LogP contribution in [0.2, 0.25) is 0 Å². The molecule has 1 rings (SSSR count). The number of nitrogens with zero attached hydrogens (tertiary/aromatic N) is 1. The Hall–Kier alpha value is -0.640. The lowest BCUT2D eigenvalue weighted by atomic mass is 9.96. The molecule has 0 amide bonds. The highest BCUT2D eigenvalue weighted by Gasteiger charge is 2.12. The van der Waals surface area contributed by atoms with Gasteiger partial charge in [-0.1, -0.05) is 25.3 Å². The molecule has 0 saturated heterocycles. The van der Waals surface area contributed by atoms with Crippen molar-refractivity contribution in [2.75, 3.05) is 18.1 Å². The molecule has 0 aliphatic heterocycles. The van der Waals surface area contributed by atoms with E-state index in [4.69, 9.17) is 5.73 Å². The van der Waals surface area contributed by atoms with Gasteiger partial charge in [-0.25, -0.2) is 0 Å². The van der Waals surface area contributed by atoms with E-state index in [1.165, 1.54) is 32.1 Å². The average Bonchev–Trinajstić information content (AvgIpc) is 2.30. The third kappa shape index (κ3) is 6.05. The molecule has 1 aliphatic rings. The van der Waals surface area contributed by atoms with E-state index >= 15 is 0 Å². The van der Waals surface area contributed by atoms with Crippen molar-refractivity contribution in [2.24, 2.45) is 10.7 Å². The Balaban J connectivity index is 2.09. The fraction of sp³-hybridized carbons (Fsp3) is 0.750. The summed E-state index contributed by atoms with van der Waals surface area (Å²) in [5.41, 5.74) is 5.83. The van der Waals surface area contributed by atoms with Crippen LogP contribution in [0.1, 0.15) is 32.1 Å². The zero-order valence-electron chi connectivity index (χ0n) is 9.95. The number of hydrogen-bond donors (Lipinski definition) is 2. The number of hydrogen-bond acceptors (Lipinski definition) is 2. The normalized spacial score (nSPS) is 18.4. The molecule has 0 atom stereocenters. The van der Waals surface area contributed by atoms with Crippen LogP contribution in [0.25, 0.3) is 0 Å². The standard InChI is InChI=1S/C12H23N3S/c1-2-9-16-10-8-14-12(13)15-11-6-4-3-5-7-11/h2,11H,1,3-10H2,(H3,13,14,15). The van der Waals surface area contributed by atoms with Gasteiger partial charge in [-0.3, -0.25) is 4.99 Å². The first-order chi connectivity index (χ1) is 7.83. The van der Waals surface area contributed by atoms with Gasteiger partial charge in [-0.15, -0.1) is 6.58 Å². The molecular formula is C12H23N3S. The summed E-state index contributed by atoms with van der Waals surface area (Å²) >= 11 is 1.83. The fourth-order valence-electron chi connectivity index (χ4n) is 1.90. The van der Waals surface area contributed by atoms with E-state index in [1.54, 1.807) is 0 Å². The predicted molar refractivity (Wildman–Crippen MR) is 74.0 cm³/mol. The van der Waals surface area contributed by atoms with Gasteiger partial charge in [0.2, 0.25) is 0 Å². The monoisotopic (exact) mass is 241 g/mol. The molecule has 3 N–H and O–H groups in total. The summed E-state index contributed by atoms with van der Waals surface area (Å²) in [6, 6.07) is 0.554.